The SMILES string of the molecule is C=CC(=O)N(C)c1ccc(C(=O)N2[C@H](CO)C[C@@H]3CCC[C@@H]32)cc1. The molecule has 0 unspecified atom stereocenters. The van der Waals surface area contributed by atoms with E-state index in [9.17, 15) is 14.7 Å². The number of benzene rings is 1. The van der Waals surface area contributed by atoms with E-state index in [1.54, 1.807) is 31.3 Å². The monoisotopic (exact) mass is 328 g/mol. The Morgan fingerprint density at radius 1 is 1.33 bits per heavy atom. The summed E-state index contributed by atoms with van der Waals surface area (Å²) in [6.45, 7) is 3.50. The minimum Gasteiger partial charge on any atom is -0.394 e. The van der Waals surface area contributed by atoms with Crippen molar-refractivity contribution in [3.8, 4) is 0 Å². The van der Waals surface area contributed by atoms with Gasteiger partial charge in [-0.3, -0.25) is 9.59 Å². The summed E-state index contributed by atoms with van der Waals surface area (Å²) in [7, 11) is 1.67. The highest BCUT2D eigenvalue weighted by molar-refractivity contribution is 6.01. The normalized spacial score (nSPS) is 25.4. The van der Waals surface area contributed by atoms with Crippen molar-refractivity contribution in [1.82, 2.24) is 4.90 Å². The summed E-state index contributed by atoms with van der Waals surface area (Å²) in [5.74, 6) is 0.317. The Balaban J connectivity index is 1.79. The van der Waals surface area contributed by atoms with Gasteiger partial charge in [-0.15, -0.1) is 0 Å². The van der Waals surface area contributed by atoms with Gasteiger partial charge >= 0.3 is 0 Å². The molecular weight excluding hydrogens is 304 g/mol. The van der Waals surface area contributed by atoms with Crippen molar-refractivity contribution < 1.29 is 14.7 Å². The first-order valence-electron chi connectivity index (χ1n) is 8.50. The van der Waals surface area contributed by atoms with E-state index in [0.717, 1.165) is 31.4 Å². The summed E-state index contributed by atoms with van der Waals surface area (Å²) < 4.78 is 0. The van der Waals surface area contributed by atoms with E-state index in [1.807, 2.05) is 4.90 Å². The lowest BCUT2D eigenvalue weighted by Gasteiger charge is -2.29. The van der Waals surface area contributed by atoms with Crippen molar-refractivity contribution in [2.75, 3.05) is 18.6 Å². The molecule has 0 spiro atoms. The van der Waals surface area contributed by atoms with Gasteiger partial charge in [0.1, 0.15) is 0 Å². The number of likely N-dealkylation sites (tertiary alicyclic amines) is 1. The third-order valence-electron chi connectivity index (χ3n) is 5.40. The first-order chi connectivity index (χ1) is 11.6. The smallest absolute Gasteiger partial charge is 0.254 e. The molecule has 0 bridgehead atoms. The Hall–Kier alpha value is -2.14. The van der Waals surface area contributed by atoms with Gasteiger partial charge < -0.3 is 14.9 Å². The van der Waals surface area contributed by atoms with Gasteiger partial charge in [0.25, 0.3) is 5.91 Å². The van der Waals surface area contributed by atoms with Crippen molar-refractivity contribution in [2.45, 2.75) is 37.8 Å². The minimum atomic E-state index is -0.192. The van der Waals surface area contributed by atoms with Gasteiger partial charge in [-0.1, -0.05) is 13.0 Å². The third-order valence-corrected chi connectivity index (χ3v) is 5.40. The lowest BCUT2D eigenvalue weighted by Crippen LogP contribution is -2.42. The van der Waals surface area contributed by atoms with Gasteiger partial charge in [0.2, 0.25) is 5.91 Å². The standard InChI is InChI=1S/C19H24N2O3/c1-3-18(23)20(2)15-9-7-13(8-10-15)19(24)21-16(12-22)11-14-5-4-6-17(14)21/h3,7-10,14,16-17,22H,1,4-6,11-12H2,2H3/t14-,16-,17-/m0/s1. The number of anilines is 1. The molecule has 0 aromatic heterocycles. The zero-order chi connectivity index (χ0) is 17.3. The Kier molecular flexibility index (Phi) is 4.71. The maximum atomic E-state index is 12.9. The average Bonchev–Trinajstić information content (AvgIpc) is 3.20. The van der Waals surface area contributed by atoms with Gasteiger partial charge in [0.15, 0.2) is 0 Å². The Bertz CT molecular complexity index is 641. The second-order valence-corrected chi connectivity index (χ2v) is 6.69. The fourth-order valence-corrected chi connectivity index (χ4v) is 4.11. The van der Waals surface area contributed by atoms with E-state index in [0.29, 0.717) is 11.5 Å². The first kappa shape index (κ1) is 16.7. The molecule has 0 radical (unpaired) electrons. The van der Waals surface area contributed by atoms with E-state index >= 15 is 0 Å². The molecule has 1 aromatic carbocycles. The summed E-state index contributed by atoms with van der Waals surface area (Å²) in [6.07, 6.45) is 5.50. The maximum absolute atomic E-state index is 12.9. The molecule has 1 heterocycles. The zero-order valence-corrected chi connectivity index (χ0v) is 14.0. The fourth-order valence-electron chi connectivity index (χ4n) is 4.11. The predicted octanol–water partition coefficient (Wildman–Crippen LogP) is 2.21. The molecule has 1 aromatic rings. The molecule has 5 heteroatoms. The molecule has 1 saturated carbocycles. The van der Waals surface area contributed by atoms with Crippen LogP contribution in [-0.2, 0) is 4.79 Å². The third kappa shape index (κ3) is 2.84. The minimum absolute atomic E-state index is 0.0206. The number of amides is 2. The molecule has 1 aliphatic carbocycles. The van der Waals surface area contributed by atoms with Crippen LogP contribution in [0.5, 0.6) is 0 Å². The number of carbonyl (C=O) groups excluding carboxylic acids is 2. The number of hydrogen-bond donors (Lipinski definition) is 1. The van der Waals surface area contributed by atoms with Gasteiger partial charge in [0.05, 0.1) is 12.6 Å². The van der Waals surface area contributed by atoms with E-state index in [4.69, 9.17) is 0 Å². The van der Waals surface area contributed by atoms with Crippen LogP contribution in [-0.4, -0.2) is 47.6 Å². The van der Waals surface area contributed by atoms with E-state index in [2.05, 4.69) is 6.58 Å². The largest absolute Gasteiger partial charge is 0.394 e. The highest BCUT2D eigenvalue weighted by atomic mass is 16.3. The summed E-state index contributed by atoms with van der Waals surface area (Å²) in [6, 6.07) is 7.23. The van der Waals surface area contributed by atoms with E-state index in [1.165, 1.54) is 11.0 Å². The average molecular weight is 328 g/mol. The Labute approximate surface area is 142 Å². The second-order valence-electron chi connectivity index (χ2n) is 6.69. The molecule has 2 amide bonds. The van der Waals surface area contributed by atoms with Crippen molar-refractivity contribution in [1.29, 1.82) is 0 Å². The Morgan fingerprint density at radius 3 is 2.67 bits per heavy atom. The van der Waals surface area contributed by atoms with Gasteiger partial charge in [-0.05, 0) is 55.5 Å². The molecule has 5 nitrogen and oxygen atoms in total. The number of carbonyl (C=O) groups is 2. The summed E-state index contributed by atoms with van der Waals surface area (Å²) >= 11 is 0. The lowest BCUT2D eigenvalue weighted by molar-refractivity contribution is -0.113. The molecule has 3 atom stereocenters. The number of aliphatic hydroxyl groups is 1. The number of nitrogens with zero attached hydrogens (tertiary/aromatic N) is 2. The molecule has 128 valence electrons. The van der Waals surface area contributed by atoms with Crippen LogP contribution in [0.1, 0.15) is 36.0 Å². The van der Waals surface area contributed by atoms with Crippen LogP contribution in [0.25, 0.3) is 0 Å². The zero-order valence-electron chi connectivity index (χ0n) is 14.0. The molecule has 2 fully saturated rings. The van der Waals surface area contributed by atoms with Gasteiger partial charge in [0, 0.05) is 24.3 Å². The summed E-state index contributed by atoms with van der Waals surface area (Å²) in [4.78, 5) is 28.0. The molecule has 24 heavy (non-hydrogen) atoms. The number of fused-ring (bicyclic) bond motifs is 1. The molecule has 1 aliphatic heterocycles. The number of rotatable bonds is 4. The van der Waals surface area contributed by atoms with Gasteiger partial charge in [-0.2, -0.15) is 0 Å². The van der Waals surface area contributed by atoms with Crippen LogP contribution in [0.3, 0.4) is 0 Å². The molecular formula is C19H24N2O3. The number of likely N-dealkylation sites (N-methyl/N-ethyl adjacent to an activating group) is 1. The van der Waals surface area contributed by atoms with Crippen molar-refractivity contribution in [2.24, 2.45) is 5.92 Å². The molecule has 2 aliphatic rings. The topological polar surface area (TPSA) is 60.9 Å². The van der Waals surface area contributed by atoms with Crippen LogP contribution in [0, 0.1) is 5.92 Å². The summed E-state index contributed by atoms with van der Waals surface area (Å²) in [5, 5.41) is 9.65. The van der Waals surface area contributed by atoms with Gasteiger partial charge in [-0.25, -0.2) is 0 Å². The molecule has 1 saturated heterocycles. The van der Waals surface area contributed by atoms with Crippen LogP contribution in [0.15, 0.2) is 36.9 Å². The molecule has 3 rings (SSSR count). The maximum Gasteiger partial charge on any atom is 0.254 e. The van der Waals surface area contributed by atoms with Crippen LogP contribution in [0.4, 0.5) is 5.69 Å². The van der Waals surface area contributed by atoms with Crippen molar-refractivity contribution >= 4 is 17.5 Å². The Morgan fingerprint density at radius 2 is 2.04 bits per heavy atom. The van der Waals surface area contributed by atoms with Crippen LogP contribution in [0.2, 0.25) is 0 Å². The van der Waals surface area contributed by atoms with E-state index in [-0.39, 0.29) is 30.5 Å². The van der Waals surface area contributed by atoms with E-state index < -0.39 is 0 Å². The number of hydrogen-bond acceptors (Lipinski definition) is 3. The highest BCUT2D eigenvalue weighted by Gasteiger charge is 2.45. The van der Waals surface area contributed by atoms with Crippen LogP contribution < -0.4 is 4.90 Å². The first-order valence-corrected chi connectivity index (χ1v) is 8.50. The fraction of sp³-hybridized carbons (Fsp3) is 0.474. The lowest BCUT2D eigenvalue weighted by atomic mass is 10.0. The predicted molar refractivity (Wildman–Crippen MR) is 92.8 cm³/mol. The van der Waals surface area contributed by atoms with Crippen molar-refractivity contribution in [3.63, 3.8) is 0 Å². The van der Waals surface area contributed by atoms with Crippen LogP contribution >= 0.6 is 0 Å². The molecule has 1 N–H and O–H groups in total. The van der Waals surface area contributed by atoms with Crippen molar-refractivity contribution in [3.05, 3.63) is 42.5 Å². The number of aliphatic hydroxyl groups excluding tert-OH is 1. The quantitative estimate of drug-likeness (QED) is 0.862. The second kappa shape index (κ2) is 6.77. The highest BCUT2D eigenvalue weighted by Crippen LogP contribution is 2.41. The summed E-state index contributed by atoms with van der Waals surface area (Å²) in [5.41, 5.74) is 1.32.